The van der Waals surface area contributed by atoms with Gasteiger partial charge in [0.1, 0.15) is 10.5 Å². The molecule has 0 aliphatic heterocycles. The van der Waals surface area contributed by atoms with E-state index in [1.54, 1.807) is 5.70 Å². The standard InChI is InChI=1S/C2H7OSi2/c1-2-5-3-4/h1-2H,5H2,4H3. The van der Waals surface area contributed by atoms with Crippen molar-refractivity contribution in [3.05, 3.63) is 12.3 Å². The Morgan fingerprint density at radius 1 is 2.00 bits per heavy atom. The molecule has 0 N–H and O–H groups in total. The summed E-state index contributed by atoms with van der Waals surface area (Å²) in [5.74, 6) is 0. The van der Waals surface area contributed by atoms with Gasteiger partial charge in [-0.2, -0.15) is 0 Å². The maximum Gasteiger partial charge on any atom is 0.170 e. The van der Waals surface area contributed by atoms with Crippen LogP contribution in [0.15, 0.2) is 5.70 Å². The lowest BCUT2D eigenvalue weighted by atomic mass is 11.3. The molecule has 0 aliphatic carbocycles. The fourth-order valence-electron chi connectivity index (χ4n) is 0.0962. The maximum atomic E-state index is 4.97. The quantitative estimate of drug-likeness (QED) is 0.379. The van der Waals surface area contributed by atoms with Gasteiger partial charge in [0, 0.05) is 0 Å². The molecule has 0 unspecified atom stereocenters. The molecule has 0 saturated carbocycles. The van der Waals surface area contributed by atoms with Crippen molar-refractivity contribution in [3.8, 4) is 0 Å². The minimum atomic E-state index is -0.353. The molecular weight excluding hydrogens is 96.2 g/mol. The molecule has 3 heteroatoms. The molecule has 0 amide bonds. The summed E-state index contributed by atoms with van der Waals surface area (Å²) >= 11 is 0. The van der Waals surface area contributed by atoms with E-state index in [9.17, 15) is 0 Å². The highest BCUT2D eigenvalue weighted by atomic mass is 28.3. The number of rotatable bonds is 2. The number of hydrogen-bond donors (Lipinski definition) is 0. The average molecular weight is 103 g/mol. The molecular formula is C2H7OSi2. The van der Waals surface area contributed by atoms with Crippen molar-refractivity contribution in [1.82, 2.24) is 0 Å². The first-order valence-corrected chi connectivity index (χ1v) is 3.65. The van der Waals surface area contributed by atoms with E-state index < -0.39 is 0 Å². The summed E-state index contributed by atoms with van der Waals surface area (Å²) in [5, 5.41) is 0. The SMILES string of the molecule is [CH]=C[SiH2]O[SiH3]. The van der Waals surface area contributed by atoms with Crippen LogP contribution in [0.3, 0.4) is 0 Å². The van der Waals surface area contributed by atoms with E-state index in [-0.39, 0.29) is 9.76 Å². The lowest BCUT2D eigenvalue weighted by molar-refractivity contribution is 0.676. The van der Waals surface area contributed by atoms with Crippen molar-refractivity contribution < 1.29 is 4.12 Å². The largest absolute Gasteiger partial charge is 0.465 e. The Bertz CT molecular complexity index is 28.8. The fraction of sp³-hybridized carbons (Fsp3) is 0. The van der Waals surface area contributed by atoms with E-state index in [0.29, 0.717) is 0 Å². The third kappa shape index (κ3) is 4.13. The van der Waals surface area contributed by atoms with Crippen molar-refractivity contribution >= 4 is 20.2 Å². The van der Waals surface area contributed by atoms with E-state index >= 15 is 0 Å². The second kappa shape index (κ2) is 4.13. The minimum Gasteiger partial charge on any atom is -0.465 e. The number of hydrogen-bond acceptors (Lipinski definition) is 1. The summed E-state index contributed by atoms with van der Waals surface area (Å²) in [6.07, 6.45) is 0. The van der Waals surface area contributed by atoms with Crippen LogP contribution in [-0.4, -0.2) is 20.2 Å². The zero-order chi connectivity index (χ0) is 4.12. The van der Waals surface area contributed by atoms with Gasteiger partial charge in [-0.05, 0) is 0 Å². The second-order valence-corrected chi connectivity index (χ2v) is 3.81. The van der Waals surface area contributed by atoms with E-state index in [1.807, 2.05) is 0 Å². The molecule has 0 fully saturated rings. The van der Waals surface area contributed by atoms with Gasteiger partial charge < -0.3 is 4.12 Å². The van der Waals surface area contributed by atoms with Crippen molar-refractivity contribution in [3.63, 3.8) is 0 Å². The van der Waals surface area contributed by atoms with Crippen LogP contribution in [0.1, 0.15) is 0 Å². The van der Waals surface area contributed by atoms with Crippen LogP contribution in [0.5, 0.6) is 0 Å². The molecule has 0 aliphatic rings. The Labute approximate surface area is 37.5 Å². The van der Waals surface area contributed by atoms with Crippen LogP contribution < -0.4 is 0 Å². The zero-order valence-electron chi connectivity index (χ0n) is 3.27. The van der Waals surface area contributed by atoms with Crippen LogP contribution >= 0.6 is 0 Å². The summed E-state index contributed by atoms with van der Waals surface area (Å²) in [6.45, 7) is 4.97. The van der Waals surface area contributed by atoms with Gasteiger partial charge in [-0.15, -0.1) is 0 Å². The predicted molar refractivity (Wildman–Crippen MR) is 28.4 cm³/mol. The molecule has 5 heavy (non-hydrogen) atoms. The molecule has 0 aromatic heterocycles. The molecule has 29 valence electrons. The normalized spacial score (nSPS) is 10.4. The Kier molecular flexibility index (Phi) is 4.24. The van der Waals surface area contributed by atoms with Crippen LogP contribution in [0.4, 0.5) is 0 Å². The average Bonchev–Trinajstić information content (AvgIpc) is 1.41. The van der Waals surface area contributed by atoms with Crippen molar-refractivity contribution in [2.24, 2.45) is 0 Å². The summed E-state index contributed by atoms with van der Waals surface area (Å²) < 4.78 is 4.79. The molecule has 0 bridgehead atoms. The predicted octanol–water partition coefficient (Wildman–Crippen LogP) is -1.69. The van der Waals surface area contributed by atoms with Gasteiger partial charge in [-0.1, -0.05) is 12.3 Å². The van der Waals surface area contributed by atoms with E-state index in [2.05, 4.69) is 0 Å². The fourth-order valence-corrected chi connectivity index (χ4v) is 0.866. The molecule has 0 aromatic carbocycles. The highest BCUT2D eigenvalue weighted by Crippen LogP contribution is 1.53. The highest BCUT2D eigenvalue weighted by Gasteiger charge is 1.61. The Morgan fingerprint density at radius 2 is 2.60 bits per heavy atom. The van der Waals surface area contributed by atoms with Gasteiger partial charge in [0.15, 0.2) is 9.76 Å². The first kappa shape index (κ1) is 5.13. The Balaban J connectivity index is 2.40. The molecule has 1 radical (unpaired) electrons. The molecule has 0 rings (SSSR count). The first-order valence-electron chi connectivity index (χ1n) is 1.44. The summed E-state index contributed by atoms with van der Waals surface area (Å²) in [4.78, 5) is 0. The van der Waals surface area contributed by atoms with Crippen molar-refractivity contribution in [2.45, 2.75) is 0 Å². The van der Waals surface area contributed by atoms with E-state index in [0.717, 1.165) is 10.5 Å². The summed E-state index contributed by atoms with van der Waals surface area (Å²) in [6, 6.07) is 0. The van der Waals surface area contributed by atoms with Crippen LogP contribution in [-0.2, 0) is 4.12 Å². The van der Waals surface area contributed by atoms with Crippen LogP contribution in [0, 0.1) is 6.58 Å². The smallest absolute Gasteiger partial charge is 0.170 e. The minimum absolute atomic E-state index is 0.353. The van der Waals surface area contributed by atoms with Gasteiger partial charge in [-0.3, -0.25) is 0 Å². The lowest BCUT2D eigenvalue weighted by Crippen LogP contribution is -1.85. The third-order valence-corrected chi connectivity index (χ3v) is 1.79. The summed E-state index contributed by atoms with van der Waals surface area (Å²) in [5.41, 5.74) is 1.63. The molecule has 0 heterocycles. The van der Waals surface area contributed by atoms with Gasteiger partial charge in [0.05, 0.1) is 0 Å². The van der Waals surface area contributed by atoms with E-state index in [4.69, 9.17) is 10.7 Å². The van der Waals surface area contributed by atoms with Gasteiger partial charge in [0.25, 0.3) is 0 Å². The monoisotopic (exact) mass is 103 g/mol. The lowest BCUT2D eigenvalue weighted by Gasteiger charge is -1.79. The maximum absolute atomic E-state index is 4.97. The zero-order valence-corrected chi connectivity index (χ0v) is 6.68. The second-order valence-electron chi connectivity index (χ2n) is 0.691. The first-order chi connectivity index (χ1) is 2.41. The summed E-state index contributed by atoms with van der Waals surface area (Å²) in [7, 11) is 0.496. The van der Waals surface area contributed by atoms with Crippen molar-refractivity contribution in [1.29, 1.82) is 0 Å². The van der Waals surface area contributed by atoms with Gasteiger partial charge >= 0.3 is 0 Å². The van der Waals surface area contributed by atoms with Crippen LogP contribution in [0.2, 0.25) is 0 Å². The molecule has 0 saturated heterocycles. The molecule has 0 aromatic rings. The molecule has 1 nitrogen and oxygen atoms in total. The topological polar surface area (TPSA) is 9.23 Å². The molecule has 0 atom stereocenters. The van der Waals surface area contributed by atoms with Gasteiger partial charge in [0.2, 0.25) is 0 Å². The highest BCUT2D eigenvalue weighted by molar-refractivity contribution is 6.39. The molecule has 0 spiro atoms. The van der Waals surface area contributed by atoms with Crippen molar-refractivity contribution in [2.75, 3.05) is 0 Å². The van der Waals surface area contributed by atoms with Crippen LogP contribution in [0.25, 0.3) is 0 Å². The third-order valence-electron chi connectivity index (χ3n) is 0.263. The Morgan fingerprint density at radius 3 is 2.60 bits per heavy atom. The Hall–Kier alpha value is 0.134. The van der Waals surface area contributed by atoms with E-state index in [1.165, 1.54) is 0 Å². The van der Waals surface area contributed by atoms with Gasteiger partial charge in [-0.25, -0.2) is 0 Å².